The fourth-order valence-electron chi connectivity index (χ4n) is 5.48. The van der Waals surface area contributed by atoms with Crippen molar-refractivity contribution in [2.24, 2.45) is 0 Å². The quantitative estimate of drug-likeness (QED) is 0.454. The van der Waals surface area contributed by atoms with Crippen molar-refractivity contribution in [2.75, 3.05) is 38.6 Å². The molecule has 9 heteroatoms. The molecular weight excluding hydrogens is 444 g/mol. The molecule has 1 aliphatic carbocycles. The molecule has 0 unspecified atom stereocenters. The van der Waals surface area contributed by atoms with Gasteiger partial charge < -0.3 is 19.8 Å². The van der Waals surface area contributed by atoms with Gasteiger partial charge in [0, 0.05) is 56.1 Å². The molecule has 0 radical (unpaired) electrons. The summed E-state index contributed by atoms with van der Waals surface area (Å²) >= 11 is 0. The number of pyridine rings is 1. The highest BCUT2D eigenvalue weighted by molar-refractivity contribution is 6.12. The molecule has 0 bridgehead atoms. The lowest BCUT2D eigenvalue weighted by molar-refractivity contribution is 0.102. The van der Waals surface area contributed by atoms with Gasteiger partial charge in [0.1, 0.15) is 23.1 Å². The number of carbonyl (C=O) groups excluding carboxylic acids is 1. The Labute approximate surface area is 203 Å². The number of nitrogens with one attached hydrogen (secondary N) is 2. The lowest BCUT2D eigenvalue weighted by atomic mass is 9.90. The number of methoxy groups -OCH3 is 1. The van der Waals surface area contributed by atoms with Crippen molar-refractivity contribution >= 4 is 33.6 Å². The Morgan fingerprint density at radius 3 is 2.77 bits per heavy atom. The second kappa shape index (κ2) is 9.31. The van der Waals surface area contributed by atoms with Crippen molar-refractivity contribution in [1.29, 1.82) is 0 Å². The van der Waals surface area contributed by atoms with Crippen LogP contribution in [0.1, 0.15) is 42.1 Å². The van der Waals surface area contributed by atoms with Crippen molar-refractivity contribution in [2.45, 2.75) is 37.8 Å². The van der Waals surface area contributed by atoms with Crippen LogP contribution >= 0.6 is 0 Å². The molecule has 2 N–H and O–H groups in total. The normalized spacial score (nSPS) is 21.4. The van der Waals surface area contributed by atoms with Crippen LogP contribution in [0.15, 0.2) is 47.3 Å². The van der Waals surface area contributed by atoms with Crippen LogP contribution in [0.2, 0.25) is 0 Å². The van der Waals surface area contributed by atoms with Crippen LogP contribution in [-0.2, 0) is 0 Å². The van der Waals surface area contributed by atoms with Gasteiger partial charge in [-0.25, -0.2) is 0 Å². The molecule has 1 saturated carbocycles. The number of anilines is 1. The first-order chi connectivity index (χ1) is 17.2. The fraction of sp³-hybridized carbons (Fsp3) is 0.423. The monoisotopic (exact) mass is 474 g/mol. The van der Waals surface area contributed by atoms with E-state index in [0.29, 0.717) is 40.2 Å². The summed E-state index contributed by atoms with van der Waals surface area (Å²) in [5.41, 5.74) is 2.96. The van der Waals surface area contributed by atoms with Gasteiger partial charge in [-0.15, -0.1) is 0 Å². The van der Waals surface area contributed by atoms with Gasteiger partial charge in [0.25, 0.3) is 5.91 Å². The van der Waals surface area contributed by atoms with Crippen LogP contribution in [0.4, 0.5) is 5.69 Å². The maximum absolute atomic E-state index is 13.0. The van der Waals surface area contributed by atoms with Gasteiger partial charge in [0.05, 0.1) is 24.4 Å². The van der Waals surface area contributed by atoms with Crippen molar-refractivity contribution in [3.63, 3.8) is 0 Å². The highest BCUT2D eigenvalue weighted by atomic mass is 16.5. The maximum Gasteiger partial charge on any atom is 0.261 e. The van der Waals surface area contributed by atoms with Gasteiger partial charge >= 0.3 is 0 Å². The first kappa shape index (κ1) is 22.1. The molecule has 4 aromatic rings. The number of rotatable bonds is 5. The summed E-state index contributed by atoms with van der Waals surface area (Å²) < 4.78 is 13.2. The Morgan fingerprint density at radius 1 is 1.17 bits per heavy atom. The molecule has 1 aliphatic heterocycles. The van der Waals surface area contributed by atoms with Gasteiger partial charge in [-0.2, -0.15) is 5.10 Å². The number of amides is 1. The van der Waals surface area contributed by atoms with Crippen molar-refractivity contribution in [3.8, 4) is 5.75 Å². The van der Waals surface area contributed by atoms with Crippen molar-refractivity contribution in [3.05, 3.63) is 48.5 Å². The summed E-state index contributed by atoms with van der Waals surface area (Å²) in [6, 6.07) is 8.47. The summed E-state index contributed by atoms with van der Waals surface area (Å²) in [4.78, 5) is 19.9. The molecule has 3 aromatic heterocycles. The standard InChI is InChI=1S/C26H30N6O3/c1-34-24-14-21-17(13-22(24)29-26(33)20-16-35-23-3-2-8-28-25(20)23)15-32(30-21)19-6-4-18(5-7-19)31-11-9-27-10-12-31/h2-3,8,13-16,18-19,27H,4-7,9-12H2,1H3,(H,29,33). The van der Waals surface area contributed by atoms with Crippen LogP contribution in [0.3, 0.4) is 0 Å². The number of benzene rings is 1. The molecule has 1 saturated heterocycles. The lowest BCUT2D eigenvalue weighted by Gasteiger charge is -2.39. The van der Waals surface area contributed by atoms with Gasteiger partial charge in [-0.1, -0.05) is 0 Å². The van der Waals surface area contributed by atoms with E-state index >= 15 is 0 Å². The third kappa shape index (κ3) is 4.26. The Balaban J connectivity index is 1.20. The van der Waals surface area contributed by atoms with E-state index in [-0.39, 0.29) is 5.91 Å². The Morgan fingerprint density at radius 2 is 1.97 bits per heavy atom. The Bertz CT molecular complexity index is 1350. The number of hydrogen-bond acceptors (Lipinski definition) is 7. The molecule has 9 nitrogen and oxygen atoms in total. The molecule has 35 heavy (non-hydrogen) atoms. The van der Waals surface area contributed by atoms with Gasteiger partial charge in [0.2, 0.25) is 0 Å². The SMILES string of the molecule is COc1cc2nn(C3CCC(N4CCNCC4)CC3)cc2cc1NC(=O)c1coc2cccnc12. The molecule has 182 valence electrons. The van der Waals surface area contributed by atoms with Gasteiger partial charge in [-0.3, -0.25) is 19.4 Å². The molecule has 1 amide bonds. The summed E-state index contributed by atoms with van der Waals surface area (Å²) in [7, 11) is 1.60. The third-order valence-electron chi connectivity index (χ3n) is 7.37. The second-order valence-corrected chi connectivity index (χ2v) is 9.42. The van der Waals surface area contributed by atoms with Gasteiger partial charge in [0.15, 0.2) is 5.58 Å². The number of piperazine rings is 1. The first-order valence-electron chi connectivity index (χ1n) is 12.3. The minimum atomic E-state index is -0.293. The summed E-state index contributed by atoms with van der Waals surface area (Å²) in [5, 5.41) is 12.3. The van der Waals surface area contributed by atoms with E-state index in [4.69, 9.17) is 14.3 Å². The summed E-state index contributed by atoms with van der Waals surface area (Å²) in [5.74, 6) is 0.276. The average molecular weight is 475 g/mol. The van der Waals surface area contributed by atoms with E-state index in [1.807, 2.05) is 12.1 Å². The van der Waals surface area contributed by atoms with E-state index in [1.165, 1.54) is 19.1 Å². The minimum Gasteiger partial charge on any atom is -0.494 e. The number of furan rings is 1. The zero-order valence-corrected chi connectivity index (χ0v) is 19.9. The average Bonchev–Trinajstić information content (AvgIpc) is 3.53. The fourth-order valence-corrected chi connectivity index (χ4v) is 5.48. The van der Waals surface area contributed by atoms with E-state index in [0.717, 1.165) is 49.9 Å². The number of carbonyl (C=O) groups is 1. The Hall–Kier alpha value is -3.43. The number of fused-ring (bicyclic) bond motifs is 2. The number of aromatic nitrogens is 3. The summed E-state index contributed by atoms with van der Waals surface area (Å²) in [6.45, 7) is 4.50. The number of ether oxygens (including phenoxy) is 1. The summed E-state index contributed by atoms with van der Waals surface area (Å²) in [6.07, 6.45) is 9.85. The van der Waals surface area contributed by atoms with E-state index in [1.54, 1.807) is 25.4 Å². The van der Waals surface area contributed by atoms with Crippen LogP contribution < -0.4 is 15.4 Å². The lowest BCUT2D eigenvalue weighted by Crippen LogP contribution is -2.49. The smallest absolute Gasteiger partial charge is 0.261 e. The molecule has 0 spiro atoms. The number of nitrogens with zero attached hydrogens (tertiary/aromatic N) is 4. The van der Waals surface area contributed by atoms with Crippen LogP contribution in [0.5, 0.6) is 5.75 Å². The largest absolute Gasteiger partial charge is 0.494 e. The van der Waals surface area contributed by atoms with Crippen molar-refractivity contribution < 1.29 is 13.9 Å². The highest BCUT2D eigenvalue weighted by Gasteiger charge is 2.28. The molecule has 0 atom stereocenters. The molecule has 2 aliphatic rings. The topological polar surface area (TPSA) is 97.5 Å². The Kier molecular flexibility index (Phi) is 5.87. The highest BCUT2D eigenvalue weighted by Crippen LogP contribution is 2.35. The first-order valence-corrected chi connectivity index (χ1v) is 12.3. The molecule has 1 aromatic carbocycles. The second-order valence-electron chi connectivity index (χ2n) is 9.42. The predicted octanol–water partition coefficient (Wildman–Crippen LogP) is 3.83. The van der Waals surface area contributed by atoms with Crippen LogP contribution in [0.25, 0.3) is 22.0 Å². The minimum absolute atomic E-state index is 0.293. The molecule has 6 rings (SSSR count). The van der Waals surface area contributed by atoms with Crippen LogP contribution in [-0.4, -0.2) is 64.9 Å². The van der Waals surface area contributed by atoms with Crippen molar-refractivity contribution in [1.82, 2.24) is 25.0 Å². The van der Waals surface area contributed by atoms with Crippen LogP contribution in [0, 0.1) is 0 Å². The van der Waals surface area contributed by atoms with E-state index < -0.39 is 0 Å². The van der Waals surface area contributed by atoms with E-state index in [2.05, 4.69) is 31.4 Å². The molecular formula is C26H30N6O3. The molecule has 2 fully saturated rings. The number of hydrogen-bond donors (Lipinski definition) is 2. The molecule has 4 heterocycles. The maximum atomic E-state index is 13.0. The predicted molar refractivity (Wildman–Crippen MR) is 134 cm³/mol. The zero-order valence-electron chi connectivity index (χ0n) is 19.9. The third-order valence-corrected chi connectivity index (χ3v) is 7.37. The zero-order chi connectivity index (χ0) is 23.8. The van der Waals surface area contributed by atoms with E-state index in [9.17, 15) is 4.79 Å². The van der Waals surface area contributed by atoms with Gasteiger partial charge in [-0.05, 0) is 43.9 Å².